The number of anilines is 2. The minimum absolute atomic E-state index is 0.0604. The number of nitrogens with two attached hydrogens (primary N) is 2. The number of likely N-dealkylation sites (tertiary alicyclic amines) is 2. The van der Waals surface area contributed by atoms with Crippen LogP contribution < -0.4 is 26.6 Å². The summed E-state index contributed by atoms with van der Waals surface area (Å²) in [4.78, 5) is 25.6. The van der Waals surface area contributed by atoms with E-state index in [9.17, 15) is 0 Å². The molecule has 10 nitrogen and oxygen atoms in total. The van der Waals surface area contributed by atoms with E-state index in [1.165, 1.54) is 25.7 Å². The molecule has 0 unspecified atom stereocenters. The maximum absolute atomic E-state index is 5.98. The Morgan fingerprint density at radius 2 is 1.15 bits per heavy atom. The van der Waals surface area contributed by atoms with Crippen LogP contribution in [0.4, 0.5) is 11.9 Å². The third-order valence-corrected chi connectivity index (χ3v) is 10.9. The first-order valence-electron chi connectivity index (χ1n) is 19.0. The van der Waals surface area contributed by atoms with Crippen molar-refractivity contribution in [2.45, 2.75) is 168 Å². The largest absolute Gasteiger partial charge is 0.339 e. The standard InChI is InChI=1S/C37H74N10/c1-11-13-22-45-34(3,4)25-30(26-35(45,5)6)47(31-27-36(7,8)46(23-14-12-2)37(9,10)28-31)33-42-29-41-32(43-33)44(21-16-18-39)24-20-40-19-15-17-38/h29-31,40H,11-28,38-39H2,1-10H3. The number of nitrogens with one attached hydrogen (secondary N) is 1. The van der Waals surface area contributed by atoms with Gasteiger partial charge in [-0.05, 0) is 139 Å². The van der Waals surface area contributed by atoms with Crippen molar-refractivity contribution in [2.24, 2.45) is 11.5 Å². The SMILES string of the molecule is CCCCN1C(C)(C)CC(N(c2ncnc(N(CCCN)CCNCCCN)n2)C2CC(C)(C)N(CCCC)C(C)(C)C2)CC1(C)C. The van der Waals surface area contributed by atoms with Gasteiger partial charge in [0.1, 0.15) is 6.33 Å². The summed E-state index contributed by atoms with van der Waals surface area (Å²) >= 11 is 0. The Labute approximate surface area is 289 Å². The Balaban J connectivity index is 2.05. The number of unbranched alkanes of at least 4 members (excludes halogenated alkanes) is 2. The lowest BCUT2D eigenvalue weighted by atomic mass is 9.73. The highest BCUT2D eigenvalue weighted by Crippen LogP contribution is 2.46. The summed E-state index contributed by atoms with van der Waals surface area (Å²) in [6.45, 7) is 31.3. The number of nitrogens with zero attached hydrogens (tertiary/aromatic N) is 7. The van der Waals surface area contributed by atoms with Crippen LogP contribution in [0.15, 0.2) is 6.33 Å². The zero-order valence-electron chi connectivity index (χ0n) is 32.2. The van der Waals surface area contributed by atoms with Crippen LogP contribution in [0.5, 0.6) is 0 Å². The van der Waals surface area contributed by atoms with Crippen LogP contribution in [0, 0.1) is 0 Å². The fraction of sp³-hybridized carbons (Fsp3) is 0.919. The van der Waals surface area contributed by atoms with Gasteiger partial charge in [-0.25, -0.2) is 9.97 Å². The second kappa shape index (κ2) is 17.4. The van der Waals surface area contributed by atoms with Crippen LogP contribution in [0.3, 0.4) is 0 Å². The van der Waals surface area contributed by atoms with Gasteiger partial charge in [-0.1, -0.05) is 26.7 Å². The molecule has 1 aromatic heterocycles. The maximum Gasteiger partial charge on any atom is 0.230 e. The van der Waals surface area contributed by atoms with E-state index in [2.05, 4.69) is 94.2 Å². The minimum Gasteiger partial charge on any atom is -0.339 e. The predicted octanol–water partition coefficient (Wildman–Crippen LogP) is 5.42. The Bertz CT molecular complexity index is 973. The summed E-state index contributed by atoms with van der Waals surface area (Å²) < 4.78 is 0. The van der Waals surface area contributed by atoms with E-state index >= 15 is 0 Å². The van der Waals surface area contributed by atoms with Crippen LogP contribution in [-0.4, -0.2) is 111 Å². The number of rotatable bonds is 19. The summed E-state index contributed by atoms with van der Waals surface area (Å²) in [5.74, 6) is 1.59. The van der Waals surface area contributed by atoms with Gasteiger partial charge in [-0.2, -0.15) is 4.98 Å². The highest BCUT2D eigenvalue weighted by molar-refractivity contribution is 5.41. The van der Waals surface area contributed by atoms with Crippen molar-refractivity contribution in [3.8, 4) is 0 Å². The van der Waals surface area contributed by atoms with Crippen molar-refractivity contribution in [3.05, 3.63) is 6.33 Å². The van der Waals surface area contributed by atoms with Crippen molar-refractivity contribution in [1.29, 1.82) is 0 Å². The van der Waals surface area contributed by atoms with Gasteiger partial charge in [-0.15, -0.1) is 0 Å². The Morgan fingerprint density at radius 1 is 0.681 bits per heavy atom. The highest BCUT2D eigenvalue weighted by atomic mass is 15.4. The summed E-state index contributed by atoms with van der Waals surface area (Å²) in [5.41, 5.74) is 11.9. The Morgan fingerprint density at radius 3 is 1.60 bits per heavy atom. The summed E-state index contributed by atoms with van der Waals surface area (Å²) in [6, 6.07) is 0.643. The van der Waals surface area contributed by atoms with E-state index in [0.717, 1.165) is 89.7 Å². The Hall–Kier alpha value is -1.59. The van der Waals surface area contributed by atoms with Crippen molar-refractivity contribution in [2.75, 3.05) is 62.2 Å². The predicted molar refractivity (Wildman–Crippen MR) is 200 cm³/mol. The van der Waals surface area contributed by atoms with E-state index in [1.807, 2.05) is 0 Å². The molecule has 2 fully saturated rings. The molecular weight excluding hydrogens is 584 g/mol. The first-order valence-corrected chi connectivity index (χ1v) is 19.0. The fourth-order valence-electron chi connectivity index (χ4n) is 9.11. The molecule has 0 spiro atoms. The van der Waals surface area contributed by atoms with E-state index in [0.29, 0.717) is 25.2 Å². The molecule has 2 aliphatic heterocycles. The number of hydrogen-bond acceptors (Lipinski definition) is 10. The average Bonchev–Trinajstić information content (AvgIpc) is 2.97. The Kier molecular flexibility index (Phi) is 14.7. The van der Waals surface area contributed by atoms with Crippen molar-refractivity contribution >= 4 is 11.9 Å². The molecule has 0 aromatic carbocycles. The minimum atomic E-state index is 0.0604. The van der Waals surface area contributed by atoms with Crippen molar-refractivity contribution < 1.29 is 0 Å². The number of hydrogen-bond donors (Lipinski definition) is 3. The maximum atomic E-state index is 5.98. The van der Waals surface area contributed by atoms with Gasteiger partial charge in [0.15, 0.2) is 0 Å². The zero-order chi connectivity index (χ0) is 34.9. The molecule has 0 bridgehead atoms. The molecule has 0 amide bonds. The second-order valence-corrected chi connectivity index (χ2v) is 16.9. The van der Waals surface area contributed by atoms with Crippen LogP contribution in [0.25, 0.3) is 0 Å². The van der Waals surface area contributed by atoms with Gasteiger partial charge in [0.25, 0.3) is 0 Å². The summed E-state index contributed by atoms with van der Waals surface area (Å²) in [7, 11) is 0. The fourth-order valence-corrected chi connectivity index (χ4v) is 9.11. The van der Waals surface area contributed by atoms with E-state index < -0.39 is 0 Å². The first-order chi connectivity index (χ1) is 22.1. The highest BCUT2D eigenvalue weighted by Gasteiger charge is 2.52. The van der Waals surface area contributed by atoms with Gasteiger partial charge >= 0.3 is 0 Å². The normalized spacial score (nSPS) is 21.6. The lowest BCUT2D eigenvalue weighted by molar-refractivity contribution is -0.0530. The van der Waals surface area contributed by atoms with Crippen LogP contribution in [-0.2, 0) is 0 Å². The van der Waals surface area contributed by atoms with Crippen LogP contribution in [0.1, 0.15) is 133 Å². The van der Waals surface area contributed by atoms with E-state index in [4.69, 9.17) is 26.4 Å². The molecular formula is C37H74N10. The molecule has 1 aromatic rings. The molecule has 3 heterocycles. The number of piperidine rings is 2. The van der Waals surface area contributed by atoms with Gasteiger partial charge in [0.05, 0.1) is 0 Å². The quantitative estimate of drug-likeness (QED) is 0.167. The monoisotopic (exact) mass is 659 g/mol. The molecule has 2 saturated heterocycles. The first kappa shape index (κ1) is 39.8. The van der Waals surface area contributed by atoms with Gasteiger partial charge in [-0.3, -0.25) is 9.80 Å². The van der Waals surface area contributed by atoms with Gasteiger partial charge < -0.3 is 26.6 Å². The van der Waals surface area contributed by atoms with Crippen LogP contribution in [0.2, 0.25) is 0 Å². The average molecular weight is 659 g/mol. The summed E-state index contributed by atoms with van der Waals surface area (Å²) in [5, 5.41) is 3.53. The topological polar surface area (TPSA) is 116 Å². The second-order valence-electron chi connectivity index (χ2n) is 16.9. The molecule has 5 N–H and O–H groups in total. The molecule has 0 atom stereocenters. The lowest BCUT2D eigenvalue weighted by Crippen LogP contribution is -2.69. The van der Waals surface area contributed by atoms with Gasteiger partial charge in [0, 0.05) is 53.9 Å². The van der Waals surface area contributed by atoms with Gasteiger partial charge in [0.2, 0.25) is 11.9 Å². The molecule has 10 heteroatoms. The number of aromatic nitrogens is 3. The molecule has 0 aliphatic carbocycles. The molecule has 2 aliphatic rings. The smallest absolute Gasteiger partial charge is 0.230 e. The summed E-state index contributed by atoms with van der Waals surface area (Å²) in [6.07, 6.45) is 12.9. The van der Waals surface area contributed by atoms with Crippen molar-refractivity contribution in [1.82, 2.24) is 30.1 Å². The molecule has 3 rings (SSSR count). The van der Waals surface area contributed by atoms with E-state index in [-0.39, 0.29) is 22.2 Å². The molecule has 0 radical (unpaired) electrons. The molecule has 0 saturated carbocycles. The lowest BCUT2D eigenvalue weighted by Gasteiger charge is -2.61. The van der Waals surface area contributed by atoms with Crippen LogP contribution >= 0.6 is 0 Å². The third kappa shape index (κ3) is 10.5. The molecule has 47 heavy (non-hydrogen) atoms. The zero-order valence-corrected chi connectivity index (χ0v) is 32.2. The van der Waals surface area contributed by atoms with Crippen molar-refractivity contribution in [3.63, 3.8) is 0 Å². The third-order valence-electron chi connectivity index (χ3n) is 10.9. The molecule has 272 valence electrons. The van der Waals surface area contributed by atoms with E-state index in [1.54, 1.807) is 6.33 Å².